The van der Waals surface area contributed by atoms with Crippen molar-refractivity contribution >= 4 is 33.4 Å². The molecule has 142 valence electrons. The van der Waals surface area contributed by atoms with Crippen LogP contribution in [0, 0.1) is 0 Å². The molecule has 0 radical (unpaired) electrons. The molecule has 1 amide bonds. The molecule has 0 aromatic heterocycles. The van der Waals surface area contributed by atoms with Crippen molar-refractivity contribution in [1.29, 1.82) is 0 Å². The van der Waals surface area contributed by atoms with Crippen molar-refractivity contribution in [2.24, 2.45) is 5.16 Å². The highest BCUT2D eigenvalue weighted by Gasteiger charge is 2.34. The Morgan fingerprint density at radius 2 is 2.15 bits per heavy atom. The van der Waals surface area contributed by atoms with Crippen molar-refractivity contribution < 1.29 is 31.7 Å². The first-order valence-corrected chi connectivity index (χ1v) is 9.53. The van der Waals surface area contributed by atoms with Gasteiger partial charge < -0.3 is 19.2 Å². The fourth-order valence-electron chi connectivity index (χ4n) is 2.65. The Morgan fingerprint density at radius 1 is 1.38 bits per heavy atom. The zero-order valence-electron chi connectivity index (χ0n) is 14.5. The highest BCUT2D eigenvalue weighted by atomic mass is 32.2. The van der Waals surface area contributed by atoms with Gasteiger partial charge in [-0.1, -0.05) is 5.16 Å². The number of oxime groups is 1. The van der Waals surface area contributed by atoms with Crippen LogP contribution in [0.2, 0.25) is 0 Å². The summed E-state index contributed by atoms with van der Waals surface area (Å²) in [5.41, 5.74) is 1.36. The SMILES string of the molecule is CON=C1COc2cc(N3C[C@H](COS(C)(=O)=O)OC3=O)ccc2N1C. The minimum absolute atomic E-state index is 0.180. The van der Waals surface area contributed by atoms with Gasteiger partial charge in [0.05, 0.1) is 24.2 Å². The molecule has 26 heavy (non-hydrogen) atoms. The Morgan fingerprint density at radius 3 is 2.85 bits per heavy atom. The number of cyclic esters (lactones) is 1. The van der Waals surface area contributed by atoms with Gasteiger partial charge in [-0.05, 0) is 12.1 Å². The Bertz CT molecular complexity index is 840. The van der Waals surface area contributed by atoms with Crippen LogP contribution in [0.5, 0.6) is 5.75 Å². The third-order valence-electron chi connectivity index (χ3n) is 3.90. The van der Waals surface area contributed by atoms with E-state index in [-0.39, 0.29) is 19.8 Å². The van der Waals surface area contributed by atoms with Crippen molar-refractivity contribution in [1.82, 2.24) is 0 Å². The number of hydrogen-bond acceptors (Lipinski definition) is 8. The van der Waals surface area contributed by atoms with Gasteiger partial charge in [-0.3, -0.25) is 9.08 Å². The zero-order valence-corrected chi connectivity index (χ0v) is 15.4. The summed E-state index contributed by atoms with van der Waals surface area (Å²) in [6.07, 6.45) is -0.296. The number of benzene rings is 1. The van der Waals surface area contributed by atoms with E-state index in [1.165, 1.54) is 12.0 Å². The lowest BCUT2D eigenvalue weighted by Crippen LogP contribution is -2.36. The molecule has 2 aliphatic rings. The molecule has 10 nitrogen and oxygen atoms in total. The average molecular weight is 385 g/mol. The molecular weight excluding hydrogens is 366 g/mol. The van der Waals surface area contributed by atoms with E-state index in [0.717, 1.165) is 11.9 Å². The fourth-order valence-corrected chi connectivity index (χ4v) is 3.05. The maximum absolute atomic E-state index is 12.1. The van der Waals surface area contributed by atoms with Crippen LogP contribution in [0.1, 0.15) is 0 Å². The predicted molar refractivity (Wildman–Crippen MR) is 93.2 cm³/mol. The van der Waals surface area contributed by atoms with Gasteiger partial charge in [0.1, 0.15) is 32.2 Å². The average Bonchev–Trinajstić information content (AvgIpc) is 2.96. The van der Waals surface area contributed by atoms with E-state index >= 15 is 0 Å². The van der Waals surface area contributed by atoms with Gasteiger partial charge in [-0.2, -0.15) is 8.42 Å². The second-order valence-corrected chi connectivity index (χ2v) is 7.44. The standard InChI is InChI=1S/C15H19N3O7S/c1-17-12-5-4-10(6-13(12)23-9-14(17)16-22-2)18-7-11(25-15(18)19)8-24-26(3,20)21/h4-6,11H,7-9H2,1-3H3/t11-/m1/s1. The molecule has 0 N–H and O–H groups in total. The molecule has 0 bridgehead atoms. The number of anilines is 2. The second-order valence-electron chi connectivity index (χ2n) is 5.79. The van der Waals surface area contributed by atoms with Gasteiger partial charge in [-0.25, -0.2) is 4.79 Å². The van der Waals surface area contributed by atoms with Crippen LogP contribution in [0.3, 0.4) is 0 Å². The number of fused-ring (bicyclic) bond motifs is 1. The van der Waals surface area contributed by atoms with Crippen molar-refractivity contribution in [3.63, 3.8) is 0 Å². The minimum atomic E-state index is -3.60. The molecule has 1 fully saturated rings. The number of ether oxygens (including phenoxy) is 2. The van der Waals surface area contributed by atoms with E-state index in [9.17, 15) is 13.2 Å². The number of amidine groups is 1. The van der Waals surface area contributed by atoms with Gasteiger partial charge in [-0.15, -0.1) is 0 Å². The van der Waals surface area contributed by atoms with Crippen molar-refractivity contribution in [3.8, 4) is 5.75 Å². The van der Waals surface area contributed by atoms with Crippen molar-refractivity contribution in [2.75, 3.05) is 50.0 Å². The monoisotopic (exact) mass is 385 g/mol. The largest absolute Gasteiger partial charge is 0.483 e. The molecule has 0 saturated carbocycles. The smallest absolute Gasteiger partial charge is 0.414 e. The first-order chi connectivity index (χ1) is 12.3. The number of carbonyl (C=O) groups excluding carboxylic acids is 1. The first kappa shape index (κ1) is 18.3. The summed E-state index contributed by atoms with van der Waals surface area (Å²) >= 11 is 0. The molecule has 11 heteroatoms. The first-order valence-electron chi connectivity index (χ1n) is 7.71. The minimum Gasteiger partial charge on any atom is -0.483 e. The van der Waals surface area contributed by atoms with E-state index in [2.05, 4.69) is 5.16 Å². The van der Waals surface area contributed by atoms with Gasteiger partial charge in [0, 0.05) is 13.1 Å². The van der Waals surface area contributed by atoms with Crippen LogP contribution >= 0.6 is 0 Å². The summed E-state index contributed by atoms with van der Waals surface area (Å²) in [5.74, 6) is 1.20. The predicted octanol–water partition coefficient (Wildman–Crippen LogP) is 0.776. The van der Waals surface area contributed by atoms with Gasteiger partial charge >= 0.3 is 6.09 Å². The van der Waals surface area contributed by atoms with Crippen LogP contribution in [0.4, 0.5) is 16.2 Å². The van der Waals surface area contributed by atoms with Gasteiger partial charge in [0.2, 0.25) is 0 Å². The number of rotatable bonds is 5. The highest BCUT2D eigenvalue weighted by Crippen LogP contribution is 2.36. The number of amides is 1. The van der Waals surface area contributed by atoms with Crippen LogP contribution in [-0.2, 0) is 23.9 Å². The summed E-state index contributed by atoms with van der Waals surface area (Å²) in [7, 11) is -0.301. The summed E-state index contributed by atoms with van der Waals surface area (Å²) in [6.45, 7) is 0.192. The Kier molecular flexibility index (Phi) is 4.92. The van der Waals surface area contributed by atoms with Crippen LogP contribution < -0.4 is 14.5 Å². The third-order valence-corrected chi connectivity index (χ3v) is 4.46. The molecule has 2 heterocycles. The number of carbonyl (C=O) groups is 1. The third kappa shape index (κ3) is 3.83. The van der Waals surface area contributed by atoms with Crippen LogP contribution in [0.15, 0.2) is 23.4 Å². The van der Waals surface area contributed by atoms with E-state index in [0.29, 0.717) is 17.3 Å². The van der Waals surface area contributed by atoms with E-state index in [1.54, 1.807) is 18.2 Å². The number of likely N-dealkylation sites (N-methyl/N-ethyl adjacent to an activating group) is 1. The van der Waals surface area contributed by atoms with Crippen LogP contribution in [-0.4, -0.2) is 66.6 Å². The summed E-state index contributed by atoms with van der Waals surface area (Å²) in [4.78, 5) is 20.1. The summed E-state index contributed by atoms with van der Waals surface area (Å²) in [5, 5.41) is 3.90. The molecule has 0 unspecified atom stereocenters. The van der Waals surface area contributed by atoms with E-state index in [4.69, 9.17) is 18.5 Å². The lowest BCUT2D eigenvalue weighted by molar-refractivity contribution is 0.107. The number of hydrogen-bond donors (Lipinski definition) is 0. The Hall–Kier alpha value is -2.53. The molecule has 1 aromatic carbocycles. The zero-order chi connectivity index (χ0) is 18.9. The molecule has 0 spiro atoms. The maximum atomic E-state index is 12.1. The maximum Gasteiger partial charge on any atom is 0.414 e. The lowest BCUT2D eigenvalue weighted by Gasteiger charge is -2.29. The molecule has 0 aliphatic carbocycles. The summed E-state index contributed by atoms with van der Waals surface area (Å²) < 4.78 is 37.7. The van der Waals surface area contributed by atoms with Crippen molar-refractivity contribution in [3.05, 3.63) is 18.2 Å². The summed E-state index contributed by atoms with van der Waals surface area (Å²) in [6, 6.07) is 5.26. The van der Waals surface area contributed by atoms with E-state index in [1.807, 2.05) is 11.9 Å². The number of nitrogens with zero attached hydrogens (tertiary/aromatic N) is 3. The van der Waals surface area contributed by atoms with Crippen molar-refractivity contribution in [2.45, 2.75) is 6.10 Å². The normalized spacial score (nSPS) is 21.4. The molecule has 3 rings (SSSR count). The second kappa shape index (κ2) is 7.00. The Labute approximate surface area is 151 Å². The molecule has 1 saturated heterocycles. The molecule has 1 atom stereocenters. The fraction of sp³-hybridized carbons (Fsp3) is 0.467. The molecule has 1 aromatic rings. The lowest BCUT2D eigenvalue weighted by atomic mass is 10.2. The van der Waals surface area contributed by atoms with Gasteiger partial charge in [0.25, 0.3) is 10.1 Å². The Balaban J connectivity index is 1.75. The highest BCUT2D eigenvalue weighted by molar-refractivity contribution is 7.85. The van der Waals surface area contributed by atoms with Crippen LogP contribution in [0.25, 0.3) is 0 Å². The van der Waals surface area contributed by atoms with Gasteiger partial charge in [0.15, 0.2) is 5.84 Å². The quantitative estimate of drug-likeness (QED) is 0.541. The van der Waals surface area contributed by atoms with E-state index < -0.39 is 22.3 Å². The topological polar surface area (TPSA) is 107 Å². The molecule has 2 aliphatic heterocycles. The molecular formula is C15H19N3O7S.